The largest absolute Gasteiger partial charge is 0.504 e. The lowest BCUT2D eigenvalue weighted by atomic mass is 9.34. The molecule has 32 heavy (non-hydrogen) atoms. The van der Waals surface area contributed by atoms with Gasteiger partial charge in [-0.1, -0.05) is 59.3 Å². The Morgan fingerprint density at radius 1 is 0.938 bits per heavy atom. The third kappa shape index (κ3) is 2.43. The maximum Gasteiger partial charge on any atom is 0.220 e. The van der Waals surface area contributed by atoms with Crippen LogP contribution in [0.5, 0.6) is 0 Å². The van der Waals surface area contributed by atoms with Gasteiger partial charge in [0.1, 0.15) is 5.78 Å². The molecule has 0 aliphatic heterocycles. The molecule has 5 aliphatic rings. The van der Waals surface area contributed by atoms with Gasteiger partial charge in [0.25, 0.3) is 0 Å². The first-order valence-corrected chi connectivity index (χ1v) is 12.3. The summed E-state index contributed by atoms with van der Waals surface area (Å²) in [4.78, 5) is 25.5. The molecule has 3 saturated carbocycles. The lowest BCUT2D eigenvalue weighted by molar-refractivity contribution is -0.170. The summed E-state index contributed by atoms with van der Waals surface area (Å²) in [6.45, 7) is 15.8. The van der Waals surface area contributed by atoms with Gasteiger partial charge >= 0.3 is 0 Å². The Morgan fingerprint density at radius 3 is 2.31 bits per heavy atom. The van der Waals surface area contributed by atoms with E-state index in [-0.39, 0.29) is 38.6 Å². The Bertz CT molecular complexity index is 1080. The molecule has 5 unspecified atom stereocenters. The molecule has 0 aromatic rings. The molecular weight excluding hydrogens is 396 g/mol. The van der Waals surface area contributed by atoms with E-state index in [4.69, 9.17) is 0 Å². The van der Waals surface area contributed by atoms with Crippen LogP contribution in [-0.2, 0) is 9.59 Å². The first kappa shape index (κ1) is 21.9. The maximum atomic E-state index is 13.0. The maximum absolute atomic E-state index is 13.0. The van der Waals surface area contributed by atoms with Gasteiger partial charge in [0, 0.05) is 22.8 Å². The second-order valence-corrected chi connectivity index (χ2v) is 13.0. The average Bonchev–Trinajstić information content (AvgIpc) is 2.71. The Kier molecular flexibility index (Phi) is 4.22. The van der Waals surface area contributed by atoms with E-state index >= 15 is 0 Å². The summed E-state index contributed by atoms with van der Waals surface area (Å²) in [5.41, 5.74) is 4.03. The molecule has 5 aliphatic carbocycles. The monoisotopic (exact) mass is 434 g/mol. The lowest BCUT2D eigenvalue weighted by Gasteiger charge is -2.69. The van der Waals surface area contributed by atoms with Gasteiger partial charge in [0.2, 0.25) is 5.78 Å². The molecule has 172 valence electrons. The van der Waals surface area contributed by atoms with E-state index in [1.807, 2.05) is 6.92 Å². The van der Waals surface area contributed by atoms with E-state index in [1.54, 1.807) is 6.08 Å². The van der Waals surface area contributed by atoms with Crippen molar-refractivity contribution in [1.29, 1.82) is 0 Å². The van der Waals surface area contributed by atoms with Crippen LogP contribution in [0.3, 0.4) is 0 Å². The predicted molar refractivity (Wildman–Crippen MR) is 127 cm³/mol. The molecule has 0 radical (unpaired) electrons. The molecule has 1 N–H and O–H groups in total. The topological polar surface area (TPSA) is 54.4 Å². The van der Waals surface area contributed by atoms with Crippen LogP contribution in [-0.4, -0.2) is 16.7 Å². The number of carbonyl (C=O) groups excluding carboxylic acids is 2. The number of hydrogen-bond donors (Lipinski definition) is 1. The van der Waals surface area contributed by atoms with E-state index in [1.165, 1.54) is 5.57 Å². The van der Waals surface area contributed by atoms with Crippen LogP contribution in [0.25, 0.3) is 0 Å². The minimum absolute atomic E-state index is 0.0175. The SMILES string of the molecule is CC1=C(O)C(=O)C=C2C1=CC=C1C2(C)CCC2(C)C3CC(C)(C)C(=O)CC3(C)CCC12C. The van der Waals surface area contributed by atoms with E-state index in [9.17, 15) is 14.7 Å². The zero-order valence-electron chi connectivity index (χ0n) is 20.8. The predicted octanol–water partition coefficient (Wildman–Crippen LogP) is 6.81. The summed E-state index contributed by atoms with van der Waals surface area (Å²) in [5.74, 6) is 0.556. The number of rotatable bonds is 0. The summed E-state index contributed by atoms with van der Waals surface area (Å²) < 4.78 is 0. The number of hydrogen-bond acceptors (Lipinski definition) is 3. The highest BCUT2D eigenvalue weighted by molar-refractivity contribution is 6.06. The molecule has 0 amide bonds. The molecule has 0 spiro atoms. The van der Waals surface area contributed by atoms with Gasteiger partial charge in [0.05, 0.1) is 0 Å². The quantitative estimate of drug-likeness (QED) is 0.455. The Morgan fingerprint density at radius 2 is 1.62 bits per heavy atom. The van der Waals surface area contributed by atoms with Crippen molar-refractivity contribution in [3.8, 4) is 0 Å². The van der Waals surface area contributed by atoms with Crippen molar-refractivity contribution in [2.75, 3.05) is 0 Å². The van der Waals surface area contributed by atoms with Gasteiger partial charge in [-0.25, -0.2) is 0 Å². The highest BCUT2D eigenvalue weighted by Crippen LogP contribution is 2.75. The summed E-state index contributed by atoms with van der Waals surface area (Å²) in [7, 11) is 0. The molecule has 3 heteroatoms. The minimum Gasteiger partial charge on any atom is -0.504 e. The highest BCUT2D eigenvalue weighted by atomic mass is 16.3. The zero-order chi connectivity index (χ0) is 23.5. The molecule has 5 atom stereocenters. The molecule has 3 fully saturated rings. The first-order chi connectivity index (χ1) is 14.7. The van der Waals surface area contributed by atoms with Crippen molar-refractivity contribution in [3.63, 3.8) is 0 Å². The lowest BCUT2D eigenvalue weighted by Crippen LogP contribution is -2.62. The zero-order valence-corrected chi connectivity index (χ0v) is 20.8. The highest BCUT2D eigenvalue weighted by Gasteiger charge is 2.67. The van der Waals surface area contributed by atoms with E-state index < -0.39 is 0 Å². The van der Waals surface area contributed by atoms with Crippen LogP contribution in [0, 0.1) is 33.0 Å². The van der Waals surface area contributed by atoms with Gasteiger partial charge in [0.15, 0.2) is 5.76 Å². The molecule has 0 aromatic heterocycles. The normalized spacial score (nSPS) is 45.1. The summed E-state index contributed by atoms with van der Waals surface area (Å²) in [6, 6.07) is 0. The average molecular weight is 435 g/mol. The number of Topliss-reactive ketones (excluding diaryl/α,β-unsaturated/α-hetero) is 1. The van der Waals surface area contributed by atoms with Crippen LogP contribution in [0.4, 0.5) is 0 Å². The van der Waals surface area contributed by atoms with Crippen molar-refractivity contribution in [2.24, 2.45) is 33.0 Å². The van der Waals surface area contributed by atoms with E-state index in [2.05, 4.69) is 53.7 Å². The molecule has 5 rings (SSSR count). The third-order valence-electron chi connectivity index (χ3n) is 11.0. The van der Waals surface area contributed by atoms with Gasteiger partial charge < -0.3 is 5.11 Å². The van der Waals surface area contributed by atoms with Crippen molar-refractivity contribution in [3.05, 3.63) is 46.3 Å². The fraction of sp³-hybridized carbons (Fsp3) is 0.655. The molecule has 0 bridgehead atoms. The third-order valence-corrected chi connectivity index (χ3v) is 11.0. The smallest absolute Gasteiger partial charge is 0.220 e. The molecular formula is C29H38O3. The standard InChI is InChI=1S/C29H38O3/c1-17-18-8-9-21-27(5,19(18)14-20(30)24(17)32)11-13-29(7)22-15-25(2,3)23(31)16-26(22,4)10-12-28(21,29)6/h8-9,14,22,32H,10-13,15-16H2,1-7H3. The Labute approximate surface area is 192 Å². The van der Waals surface area contributed by atoms with Gasteiger partial charge in [-0.15, -0.1) is 0 Å². The number of fused-ring (bicyclic) bond motifs is 7. The Hall–Kier alpha value is -1.90. The van der Waals surface area contributed by atoms with Crippen molar-refractivity contribution >= 4 is 11.6 Å². The van der Waals surface area contributed by atoms with Crippen LogP contribution < -0.4 is 0 Å². The van der Waals surface area contributed by atoms with Crippen LogP contribution >= 0.6 is 0 Å². The first-order valence-electron chi connectivity index (χ1n) is 12.3. The van der Waals surface area contributed by atoms with Crippen LogP contribution in [0.15, 0.2) is 46.3 Å². The Balaban J connectivity index is 1.66. The second kappa shape index (κ2) is 6.15. The molecule has 3 nitrogen and oxygen atoms in total. The van der Waals surface area contributed by atoms with E-state index in [0.717, 1.165) is 43.3 Å². The number of ketones is 2. The number of carbonyl (C=O) groups is 2. The van der Waals surface area contributed by atoms with Crippen molar-refractivity contribution in [2.45, 2.75) is 87.0 Å². The summed E-state index contributed by atoms with van der Waals surface area (Å²) in [6.07, 6.45) is 12.1. The van der Waals surface area contributed by atoms with Gasteiger partial charge in [-0.3, -0.25) is 9.59 Å². The van der Waals surface area contributed by atoms with E-state index in [0.29, 0.717) is 23.7 Å². The number of aliphatic hydroxyl groups excluding tert-OH is 1. The second-order valence-electron chi connectivity index (χ2n) is 13.0. The van der Waals surface area contributed by atoms with Crippen LogP contribution in [0.1, 0.15) is 87.0 Å². The summed E-state index contributed by atoms with van der Waals surface area (Å²) >= 11 is 0. The molecule has 0 heterocycles. The fourth-order valence-electron chi connectivity index (χ4n) is 8.49. The van der Waals surface area contributed by atoms with Gasteiger partial charge in [-0.05, 0) is 78.4 Å². The fourth-order valence-corrected chi connectivity index (χ4v) is 8.49. The summed E-state index contributed by atoms with van der Waals surface area (Å²) in [5, 5.41) is 10.3. The number of aliphatic hydroxyl groups is 1. The minimum atomic E-state index is -0.264. The van der Waals surface area contributed by atoms with Gasteiger partial charge in [-0.2, -0.15) is 0 Å². The van der Waals surface area contributed by atoms with Crippen LogP contribution in [0.2, 0.25) is 0 Å². The number of allylic oxidation sites excluding steroid dienone is 7. The molecule has 0 saturated heterocycles. The van der Waals surface area contributed by atoms with Crippen molar-refractivity contribution in [1.82, 2.24) is 0 Å². The van der Waals surface area contributed by atoms with Crippen molar-refractivity contribution < 1.29 is 14.7 Å². The molecule has 0 aromatic carbocycles.